The fourth-order valence-corrected chi connectivity index (χ4v) is 2.28. The van der Waals surface area contributed by atoms with Crippen LogP contribution in [0.25, 0.3) is 0 Å². The molecule has 0 radical (unpaired) electrons. The monoisotopic (exact) mass is 283 g/mol. The molecule has 0 spiro atoms. The third-order valence-electron chi connectivity index (χ3n) is 2.39. The molecule has 1 heterocycles. The van der Waals surface area contributed by atoms with Gasteiger partial charge < -0.3 is 9.57 Å². The second kappa shape index (κ2) is 5.46. The van der Waals surface area contributed by atoms with Gasteiger partial charge in [0.25, 0.3) is 0 Å². The van der Waals surface area contributed by atoms with E-state index in [1.165, 1.54) is 0 Å². The highest BCUT2D eigenvalue weighted by Gasteiger charge is 2.26. The van der Waals surface area contributed by atoms with Gasteiger partial charge >= 0.3 is 0 Å². The summed E-state index contributed by atoms with van der Waals surface area (Å²) < 4.78 is 5.38. The molecule has 0 saturated carbocycles. The number of halogens is 1. The zero-order chi connectivity index (χ0) is 11.4. The van der Waals surface area contributed by atoms with Crippen molar-refractivity contribution in [2.75, 3.05) is 6.61 Å². The van der Waals surface area contributed by atoms with Crippen molar-refractivity contribution in [2.45, 2.75) is 24.5 Å². The Morgan fingerprint density at radius 1 is 1.44 bits per heavy atom. The van der Waals surface area contributed by atoms with Crippen LogP contribution in [-0.2, 0) is 9.57 Å². The van der Waals surface area contributed by atoms with E-state index < -0.39 is 0 Å². The number of nitrogens with zero attached hydrogens (tertiary/aromatic N) is 1. The molecule has 2 rings (SSSR count). The first-order valence-electron chi connectivity index (χ1n) is 5.36. The maximum absolute atomic E-state index is 5.38. The molecule has 16 heavy (non-hydrogen) atoms. The molecular formula is C12H14BrNO2. The average Bonchev–Trinajstić information content (AvgIpc) is 2.31. The molecule has 0 bridgehead atoms. The Bertz CT molecular complexity index is 367. The van der Waals surface area contributed by atoms with E-state index in [0.717, 1.165) is 17.7 Å². The van der Waals surface area contributed by atoms with Crippen LogP contribution in [0.3, 0.4) is 0 Å². The summed E-state index contributed by atoms with van der Waals surface area (Å²) in [6.45, 7) is 2.59. The van der Waals surface area contributed by atoms with Gasteiger partial charge in [-0.3, -0.25) is 0 Å². The Morgan fingerprint density at radius 3 is 2.81 bits per heavy atom. The molecule has 2 atom stereocenters. The molecule has 1 aromatic carbocycles. The van der Waals surface area contributed by atoms with Gasteiger partial charge in [0.15, 0.2) is 0 Å². The third-order valence-corrected chi connectivity index (χ3v) is 3.19. The van der Waals surface area contributed by atoms with Crippen LogP contribution in [0.4, 0.5) is 0 Å². The molecule has 0 saturated heterocycles. The molecule has 0 fully saturated rings. The molecule has 0 aromatic heterocycles. The Morgan fingerprint density at radius 2 is 2.19 bits per heavy atom. The summed E-state index contributed by atoms with van der Waals surface area (Å²) >= 11 is 3.61. The SMILES string of the molecule is CCO[C@H]1C[C@H](Br)C(c2ccccc2)=NO1. The van der Waals surface area contributed by atoms with E-state index in [1.807, 2.05) is 37.3 Å². The first-order valence-corrected chi connectivity index (χ1v) is 6.27. The molecule has 0 N–H and O–H groups in total. The summed E-state index contributed by atoms with van der Waals surface area (Å²) in [5, 5.41) is 4.13. The zero-order valence-corrected chi connectivity index (χ0v) is 10.7. The first-order chi connectivity index (χ1) is 7.81. The fourth-order valence-electron chi connectivity index (χ4n) is 1.62. The highest BCUT2D eigenvalue weighted by Crippen LogP contribution is 2.23. The van der Waals surface area contributed by atoms with Gasteiger partial charge in [-0.05, 0) is 6.92 Å². The van der Waals surface area contributed by atoms with E-state index in [1.54, 1.807) is 0 Å². The van der Waals surface area contributed by atoms with Crippen LogP contribution >= 0.6 is 15.9 Å². The van der Waals surface area contributed by atoms with Gasteiger partial charge in [-0.25, -0.2) is 0 Å². The molecular weight excluding hydrogens is 270 g/mol. The van der Waals surface area contributed by atoms with Crippen molar-refractivity contribution < 1.29 is 9.57 Å². The first kappa shape index (κ1) is 11.6. The van der Waals surface area contributed by atoms with E-state index in [0.29, 0.717) is 6.61 Å². The van der Waals surface area contributed by atoms with Crippen molar-refractivity contribution in [2.24, 2.45) is 5.16 Å². The van der Waals surface area contributed by atoms with Crippen LogP contribution in [-0.4, -0.2) is 23.4 Å². The van der Waals surface area contributed by atoms with Crippen molar-refractivity contribution in [3.63, 3.8) is 0 Å². The lowest BCUT2D eigenvalue weighted by Crippen LogP contribution is -2.30. The standard InChI is InChI=1S/C12H14BrNO2/c1-2-15-11-8-10(13)12(14-16-11)9-6-4-3-5-7-9/h3-7,10-11H,2,8H2,1H3/t10-,11+/m0/s1. The minimum absolute atomic E-state index is 0.181. The van der Waals surface area contributed by atoms with Crippen LogP contribution < -0.4 is 0 Å². The zero-order valence-electron chi connectivity index (χ0n) is 9.10. The van der Waals surface area contributed by atoms with Gasteiger partial charge in [0.1, 0.15) is 5.71 Å². The summed E-state index contributed by atoms with van der Waals surface area (Å²) in [6.07, 6.45) is 0.545. The Hall–Kier alpha value is -0.870. The van der Waals surface area contributed by atoms with Gasteiger partial charge in [-0.15, -0.1) is 0 Å². The van der Waals surface area contributed by atoms with E-state index in [-0.39, 0.29) is 11.1 Å². The van der Waals surface area contributed by atoms with Crippen molar-refractivity contribution in [3.8, 4) is 0 Å². The van der Waals surface area contributed by atoms with E-state index in [2.05, 4.69) is 21.1 Å². The molecule has 86 valence electrons. The molecule has 1 aliphatic rings. The molecule has 3 nitrogen and oxygen atoms in total. The predicted molar refractivity (Wildman–Crippen MR) is 66.8 cm³/mol. The minimum atomic E-state index is -0.234. The lowest BCUT2D eigenvalue weighted by Gasteiger charge is -2.24. The lowest BCUT2D eigenvalue weighted by atomic mass is 10.1. The topological polar surface area (TPSA) is 30.8 Å². The van der Waals surface area contributed by atoms with Crippen LogP contribution in [0.2, 0.25) is 0 Å². The number of hydrogen-bond acceptors (Lipinski definition) is 3. The quantitative estimate of drug-likeness (QED) is 0.799. The highest BCUT2D eigenvalue weighted by atomic mass is 79.9. The molecule has 0 unspecified atom stereocenters. The summed E-state index contributed by atoms with van der Waals surface area (Å²) in [5.74, 6) is 0. The van der Waals surface area contributed by atoms with Gasteiger partial charge in [0, 0.05) is 18.6 Å². The van der Waals surface area contributed by atoms with Crippen LogP contribution in [0.5, 0.6) is 0 Å². The largest absolute Gasteiger partial charge is 0.363 e. The highest BCUT2D eigenvalue weighted by molar-refractivity contribution is 9.10. The Kier molecular flexibility index (Phi) is 3.96. The summed E-state index contributed by atoms with van der Waals surface area (Å²) in [4.78, 5) is 5.47. The Balaban J connectivity index is 2.12. The maximum Gasteiger partial charge on any atom is 0.228 e. The van der Waals surface area contributed by atoms with Crippen LogP contribution in [0.15, 0.2) is 35.5 Å². The predicted octanol–water partition coefficient (Wildman–Crippen LogP) is 2.94. The van der Waals surface area contributed by atoms with Crippen LogP contribution in [0, 0.1) is 0 Å². The van der Waals surface area contributed by atoms with Gasteiger partial charge in [-0.2, -0.15) is 0 Å². The fraction of sp³-hybridized carbons (Fsp3) is 0.417. The van der Waals surface area contributed by atoms with Gasteiger partial charge in [0.2, 0.25) is 6.29 Å². The van der Waals surface area contributed by atoms with E-state index in [9.17, 15) is 0 Å². The number of ether oxygens (including phenoxy) is 1. The van der Waals surface area contributed by atoms with Crippen molar-refractivity contribution >= 4 is 21.6 Å². The Labute approximate surface area is 104 Å². The molecule has 0 amide bonds. The van der Waals surface area contributed by atoms with Crippen molar-refractivity contribution in [1.82, 2.24) is 0 Å². The van der Waals surface area contributed by atoms with Crippen LogP contribution in [0.1, 0.15) is 18.9 Å². The summed E-state index contributed by atoms with van der Waals surface area (Å²) in [5.41, 5.74) is 2.01. The van der Waals surface area contributed by atoms with Crippen molar-refractivity contribution in [1.29, 1.82) is 0 Å². The summed E-state index contributed by atoms with van der Waals surface area (Å²) in [6, 6.07) is 10.0. The summed E-state index contributed by atoms with van der Waals surface area (Å²) in [7, 11) is 0. The van der Waals surface area contributed by atoms with Gasteiger partial charge in [-0.1, -0.05) is 51.4 Å². The second-order valence-electron chi connectivity index (χ2n) is 3.54. The molecule has 1 aromatic rings. The average molecular weight is 284 g/mol. The minimum Gasteiger partial charge on any atom is -0.363 e. The van der Waals surface area contributed by atoms with E-state index >= 15 is 0 Å². The number of alkyl halides is 1. The number of hydrogen-bond donors (Lipinski definition) is 0. The van der Waals surface area contributed by atoms with Crippen molar-refractivity contribution in [3.05, 3.63) is 35.9 Å². The van der Waals surface area contributed by atoms with Gasteiger partial charge in [0.05, 0.1) is 4.83 Å². The molecule has 0 aliphatic carbocycles. The normalized spacial score (nSPS) is 24.8. The number of benzene rings is 1. The lowest BCUT2D eigenvalue weighted by molar-refractivity contribution is -0.145. The molecule has 4 heteroatoms. The number of rotatable bonds is 3. The second-order valence-corrected chi connectivity index (χ2v) is 4.64. The third kappa shape index (κ3) is 2.62. The smallest absolute Gasteiger partial charge is 0.228 e. The van der Waals surface area contributed by atoms with E-state index in [4.69, 9.17) is 9.57 Å². The number of oxime groups is 1. The maximum atomic E-state index is 5.38. The molecule has 1 aliphatic heterocycles.